The lowest BCUT2D eigenvalue weighted by molar-refractivity contribution is 0.221. The maximum atomic E-state index is 5.68. The number of guanidine groups is 1. The molecule has 1 saturated heterocycles. The highest BCUT2D eigenvalue weighted by molar-refractivity contribution is 7.09. The molecule has 1 aliphatic rings. The molecule has 0 bridgehead atoms. The first-order valence-corrected chi connectivity index (χ1v) is 10.3. The number of furan rings is 1. The number of aromatic nitrogens is 1. The lowest BCUT2D eigenvalue weighted by atomic mass is 10.2. The van der Waals surface area contributed by atoms with Crippen molar-refractivity contribution in [3.63, 3.8) is 0 Å². The highest BCUT2D eigenvalue weighted by Gasteiger charge is 2.25. The maximum absolute atomic E-state index is 5.68. The number of hydrogen-bond acceptors (Lipinski definition) is 5. The average Bonchev–Trinajstić information content (AvgIpc) is 3.38. The molecule has 2 aromatic rings. The van der Waals surface area contributed by atoms with Crippen LogP contribution in [0.2, 0.25) is 0 Å². The third-order valence-electron chi connectivity index (χ3n) is 4.56. The van der Waals surface area contributed by atoms with Gasteiger partial charge in [-0.15, -0.1) is 11.3 Å². The minimum atomic E-state index is 0.212. The monoisotopic (exact) mass is 375 g/mol. The van der Waals surface area contributed by atoms with Gasteiger partial charge in [-0.2, -0.15) is 0 Å². The van der Waals surface area contributed by atoms with Crippen LogP contribution in [0.1, 0.15) is 42.3 Å². The molecule has 1 aliphatic heterocycles. The lowest BCUT2D eigenvalue weighted by Crippen LogP contribution is -2.39. The molecule has 26 heavy (non-hydrogen) atoms. The number of likely N-dealkylation sites (tertiary alicyclic amines) is 1. The van der Waals surface area contributed by atoms with E-state index in [9.17, 15) is 0 Å². The van der Waals surface area contributed by atoms with Crippen LogP contribution in [0.4, 0.5) is 0 Å². The van der Waals surface area contributed by atoms with Gasteiger partial charge in [-0.1, -0.05) is 0 Å². The molecule has 0 spiro atoms. The van der Waals surface area contributed by atoms with E-state index < -0.39 is 0 Å². The first-order valence-electron chi connectivity index (χ1n) is 9.47. The molecular formula is C19H29N5OS. The third-order valence-corrected chi connectivity index (χ3v) is 5.38. The largest absolute Gasteiger partial charge is 0.468 e. The van der Waals surface area contributed by atoms with Crippen molar-refractivity contribution in [2.24, 2.45) is 4.99 Å². The standard InChI is InChI=1S/C19H29N5OS/c1-3-20-19(21-9-8-16-14-26-15(2)23-16)22-13-17(18-7-6-12-25-18)24-10-4-5-11-24/h6-7,12,14,17H,3-5,8-11,13H2,1-2H3,(H2,20,21,22). The lowest BCUT2D eigenvalue weighted by Gasteiger charge is -2.24. The normalized spacial score (nSPS) is 16.8. The highest BCUT2D eigenvalue weighted by atomic mass is 32.1. The Morgan fingerprint density at radius 3 is 2.88 bits per heavy atom. The Morgan fingerprint density at radius 2 is 2.23 bits per heavy atom. The molecule has 7 heteroatoms. The Balaban J connectivity index is 1.58. The minimum absolute atomic E-state index is 0.212. The summed E-state index contributed by atoms with van der Waals surface area (Å²) >= 11 is 1.70. The summed E-state index contributed by atoms with van der Waals surface area (Å²) < 4.78 is 5.68. The Morgan fingerprint density at radius 1 is 1.38 bits per heavy atom. The molecule has 0 radical (unpaired) electrons. The van der Waals surface area contributed by atoms with Crippen LogP contribution in [0, 0.1) is 6.92 Å². The van der Waals surface area contributed by atoms with Crippen LogP contribution in [0.15, 0.2) is 33.2 Å². The summed E-state index contributed by atoms with van der Waals surface area (Å²) in [5, 5.41) is 10.0. The summed E-state index contributed by atoms with van der Waals surface area (Å²) in [6.07, 6.45) is 5.17. The van der Waals surface area contributed by atoms with E-state index in [1.807, 2.05) is 13.0 Å². The van der Waals surface area contributed by atoms with E-state index in [1.54, 1.807) is 17.6 Å². The second-order valence-corrected chi connectivity index (χ2v) is 7.59. The SMILES string of the molecule is CCNC(=NCC(c1ccco1)N1CCCC1)NCCc1csc(C)n1. The van der Waals surface area contributed by atoms with Gasteiger partial charge in [0.05, 0.1) is 29.6 Å². The highest BCUT2D eigenvalue weighted by Crippen LogP contribution is 2.25. The van der Waals surface area contributed by atoms with Crippen molar-refractivity contribution in [1.29, 1.82) is 0 Å². The molecule has 2 N–H and O–H groups in total. The van der Waals surface area contributed by atoms with Crippen molar-refractivity contribution in [1.82, 2.24) is 20.5 Å². The van der Waals surface area contributed by atoms with E-state index in [4.69, 9.17) is 9.41 Å². The van der Waals surface area contributed by atoms with Crippen molar-refractivity contribution >= 4 is 17.3 Å². The van der Waals surface area contributed by atoms with Gasteiger partial charge >= 0.3 is 0 Å². The number of aliphatic imine (C=N–C) groups is 1. The number of thiazole rings is 1. The van der Waals surface area contributed by atoms with Crippen LogP contribution in [-0.4, -0.2) is 48.6 Å². The summed E-state index contributed by atoms with van der Waals surface area (Å²) in [4.78, 5) is 11.8. The Hall–Kier alpha value is -1.86. The summed E-state index contributed by atoms with van der Waals surface area (Å²) in [5.41, 5.74) is 1.14. The molecule has 3 rings (SSSR count). The second kappa shape index (κ2) is 9.73. The van der Waals surface area contributed by atoms with Crippen molar-refractivity contribution in [3.05, 3.63) is 40.2 Å². The number of nitrogens with one attached hydrogen (secondary N) is 2. The molecule has 2 aromatic heterocycles. The molecule has 142 valence electrons. The zero-order valence-corrected chi connectivity index (χ0v) is 16.5. The van der Waals surface area contributed by atoms with E-state index in [0.717, 1.165) is 55.0 Å². The molecule has 1 atom stereocenters. The fraction of sp³-hybridized carbons (Fsp3) is 0.579. The van der Waals surface area contributed by atoms with Gasteiger partial charge in [-0.25, -0.2) is 4.98 Å². The smallest absolute Gasteiger partial charge is 0.191 e. The zero-order valence-electron chi connectivity index (χ0n) is 15.7. The van der Waals surface area contributed by atoms with Crippen LogP contribution in [0.25, 0.3) is 0 Å². The number of rotatable bonds is 8. The maximum Gasteiger partial charge on any atom is 0.191 e. The molecule has 0 aliphatic carbocycles. The van der Waals surface area contributed by atoms with E-state index in [1.165, 1.54) is 12.8 Å². The Kier molecular flexibility index (Phi) is 7.08. The van der Waals surface area contributed by atoms with Crippen LogP contribution >= 0.6 is 11.3 Å². The van der Waals surface area contributed by atoms with Crippen LogP contribution in [0.3, 0.4) is 0 Å². The van der Waals surface area contributed by atoms with Gasteiger partial charge in [0.2, 0.25) is 0 Å². The van der Waals surface area contributed by atoms with Gasteiger partial charge in [-0.3, -0.25) is 9.89 Å². The topological polar surface area (TPSA) is 65.7 Å². The summed E-state index contributed by atoms with van der Waals surface area (Å²) in [6, 6.07) is 4.23. The van der Waals surface area contributed by atoms with Crippen LogP contribution < -0.4 is 10.6 Å². The summed E-state index contributed by atoms with van der Waals surface area (Å²) in [7, 11) is 0. The van der Waals surface area contributed by atoms with Crippen molar-refractivity contribution in [3.8, 4) is 0 Å². The van der Waals surface area contributed by atoms with Gasteiger partial charge in [0.1, 0.15) is 5.76 Å². The van der Waals surface area contributed by atoms with Gasteiger partial charge < -0.3 is 15.1 Å². The number of nitrogens with zero attached hydrogens (tertiary/aromatic N) is 3. The molecule has 1 unspecified atom stereocenters. The number of hydrogen-bond donors (Lipinski definition) is 2. The molecule has 6 nitrogen and oxygen atoms in total. The van der Waals surface area contributed by atoms with Gasteiger partial charge in [-0.05, 0) is 51.9 Å². The van der Waals surface area contributed by atoms with E-state index >= 15 is 0 Å². The molecule has 0 saturated carbocycles. The first kappa shape index (κ1) is 18.9. The van der Waals surface area contributed by atoms with Gasteiger partial charge in [0.15, 0.2) is 5.96 Å². The molecule has 0 aromatic carbocycles. The van der Waals surface area contributed by atoms with E-state index in [0.29, 0.717) is 6.54 Å². The summed E-state index contributed by atoms with van der Waals surface area (Å²) in [5.74, 6) is 1.86. The Labute approximate surface area is 159 Å². The number of aryl methyl sites for hydroxylation is 1. The average molecular weight is 376 g/mol. The van der Waals surface area contributed by atoms with Gasteiger partial charge in [0, 0.05) is 24.9 Å². The van der Waals surface area contributed by atoms with Crippen LogP contribution in [-0.2, 0) is 6.42 Å². The molecular weight excluding hydrogens is 346 g/mol. The Bertz CT molecular complexity index is 676. The summed E-state index contributed by atoms with van der Waals surface area (Å²) in [6.45, 7) is 8.73. The van der Waals surface area contributed by atoms with Crippen molar-refractivity contribution in [2.75, 3.05) is 32.7 Å². The fourth-order valence-corrected chi connectivity index (χ4v) is 3.92. The molecule has 0 amide bonds. The van der Waals surface area contributed by atoms with E-state index in [-0.39, 0.29) is 6.04 Å². The second-order valence-electron chi connectivity index (χ2n) is 6.53. The minimum Gasteiger partial charge on any atom is -0.468 e. The first-order chi connectivity index (χ1) is 12.8. The van der Waals surface area contributed by atoms with Crippen LogP contribution in [0.5, 0.6) is 0 Å². The zero-order chi connectivity index (χ0) is 18.2. The van der Waals surface area contributed by atoms with Crippen molar-refractivity contribution < 1.29 is 4.42 Å². The fourth-order valence-electron chi connectivity index (χ4n) is 3.27. The molecule has 3 heterocycles. The predicted octanol–water partition coefficient (Wildman–Crippen LogP) is 2.98. The quantitative estimate of drug-likeness (QED) is 0.548. The third kappa shape index (κ3) is 5.32. The van der Waals surface area contributed by atoms with E-state index in [2.05, 4.69) is 38.9 Å². The molecule has 1 fully saturated rings. The predicted molar refractivity (Wildman–Crippen MR) is 107 cm³/mol. The van der Waals surface area contributed by atoms with Gasteiger partial charge in [0.25, 0.3) is 0 Å². The van der Waals surface area contributed by atoms with Crippen molar-refractivity contribution in [2.45, 2.75) is 39.2 Å².